The molecular formula is C4H7O3. The largest absolute Gasteiger partial charge is 0.394 e. The molecule has 0 aliphatic carbocycles. The molecule has 1 radical (unpaired) electrons. The average molecular weight is 103 g/mol. The quantitative estimate of drug-likeness (QED) is 0.487. The molecule has 7 heavy (non-hydrogen) atoms. The summed E-state index contributed by atoms with van der Waals surface area (Å²) in [7, 11) is 0. The molecular weight excluding hydrogens is 96.0 g/mol. The lowest BCUT2D eigenvalue weighted by Gasteiger charge is -1.97. The van der Waals surface area contributed by atoms with Crippen LogP contribution in [0.3, 0.4) is 0 Å². The van der Waals surface area contributed by atoms with E-state index in [1.165, 1.54) is 6.79 Å². The van der Waals surface area contributed by atoms with Gasteiger partial charge in [0, 0.05) is 0 Å². The van der Waals surface area contributed by atoms with Gasteiger partial charge in [-0.2, -0.15) is 0 Å². The van der Waals surface area contributed by atoms with Crippen LogP contribution in [0.4, 0.5) is 0 Å². The molecule has 1 saturated heterocycles. The van der Waals surface area contributed by atoms with Gasteiger partial charge < -0.3 is 14.6 Å². The van der Waals surface area contributed by atoms with E-state index < -0.39 is 0 Å². The number of aliphatic hydroxyl groups excluding tert-OH is 1. The predicted molar refractivity (Wildman–Crippen MR) is 22.2 cm³/mol. The first-order valence-corrected chi connectivity index (χ1v) is 2.13. The molecule has 1 aliphatic heterocycles. The minimum Gasteiger partial charge on any atom is -0.394 e. The lowest BCUT2D eigenvalue weighted by molar-refractivity contribution is 0.0853. The van der Waals surface area contributed by atoms with Crippen molar-refractivity contribution in [3.63, 3.8) is 0 Å². The maximum absolute atomic E-state index is 8.34. The van der Waals surface area contributed by atoms with Crippen molar-refractivity contribution < 1.29 is 14.6 Å². The Kier molecular flexibility index (Phi) is 1.62. The molecule has 0 saturated carbocycles. The van der Waals surface area contributed by atoms with Crippen LogP contribution in [0.2, 0.25) is 0 Å². The molecule has 0 aromatic rings. The zero-order chi connectivity index (χ0) is 5.11. The first-order valence-electron chi connectivity index (χ1n) is 2.13. The number of ether oxygens (including phenoxy) is 2. The molecule has 1 atom stereocenters. The van der Waals surface area contributed by atoms with E-state index in [0.29, 0.717) is 6.61 Å². The lowest BCUT2D eigenvalue weighted by atomic mass is 10.4. The van der Waals surface area contributed by atoms with E-state index in [1.54, 1.807) is 0 Å². The smallest absolute Gasteiger partial charge is 0.209 e. The highest BCUT2D eigenvalue weighted by Crippen LogP contribution is 2.04. The SMILES string of the molecule is OCC1CO[CH]O1. The summed E-state index contributed by atoms with van der Waals surface area (Å²) in [5.41, 5.74) is 0. The van der Waals surface area contributed by atoms with Gasteiger partial charge in [-0.05, 0) is 0 Å². The Bertz CT molecular complexity index is 48.9. The monoisotopic (exact) mass is 103 g/mol. The van der Waals surface area contributed by atoms with Gasteiger partial charge >= 0.3 is 0 Å². The van der Waals surface area contributed by atoms with Crippen LogP contribution in [0.5, 0.6) is 0 Å². The van der Waals surface area contributed by atoms with Gasteiger partial charge in [-0.1, -0.05) is 0 Å². The summed E-state index contributed by atoms with van der Waals surface area (Å²) in [5, 5.41) is 8.34. The van der Waals surface area contributed by atoms with Crippen LogP contribution < -0.4 is 0 Å². The third-order valence-electron chi connectivity index (χ3n) is 0.802. The van der Waals surface area contributed by atoms with Gasteiger partial charge in [0.25, 0.3) is 0 Å². The van der Waals surface area contributed by atoms with Crippen molar-refractivity contribution >= 4 is 0 Å². The van der Waals surface area contributed by atoms with E-state index in [2.05, 4.69) is 4.74 Å². The van der Waals surface area contributed by atoms with Crippen molar-refractivity contribution in [2.24, 2.45) is 0 Å². The zero-order valence-corrected chi connectivity index (χ0v) is 3.83. The zero-order valence-electron chi connectivity index (χ0n) is 3.83. The van der Waals surface area contributed by atoms with Crippen LogP contribution in [0, 0.1) is 6.79 Å². The molecule has 1 rings (SSSR count). The Balaban J connectivity index is 2.14. The minimum atomic E-state index is -0.125. The fraction of sp³-hybridized carbons (Fsp3) is 0.750. The maximum Gasteiger partial charge on any atom is 0.209 e. The van der Waals surface area contributed by atoms with Crippen LogP contribution in [0.15, 0.2) is 0 Å². The molecule has 0 bridgehead atoms. The van der Waals surface area contributed by atoms with Crippen LogP contribution in [-0.2, 0) is 9.47 Å². The third-order valence-corrected chi connectivity index (χ3v) is 0.802. The van der Waals surface area contributed by atoms with Crippen LogP contribution >= 0.6 is 0 Å². The molecule has 1 unspecified atom stereocenters. The average Bonchev–Trinajstić information content (AvgIpc) is 2.14. The highest BCUT2D eigenvalue weighted by atomic mass is 16.7. The molecule has 0 aromatic carbocycles. The van der Waals surface area contributed by atoms with Gasteiger partial charge in [0.15, 0.2) is 0 Å². The predicted octanol–water partition coefficient (Wildman–Crippen LogP) is -0.487. The molecule has 3 nitrogen and oxygen atoms in total. The molecule has 0 aromatic heterocycles. The summed E-state index contributed by atoms with van der Waals surface area (Å²) in [6, 6.07) is 0. The van der Waals surface area contributed by atoms with Crippen molar-refractivity contribution in [3.05, 3.63) is 6.79 Å². The number of hydrogen-bond donors (Lipinski definition) is 1. The van der Waals surface area contributed by atoms with E-state index in [-0.39, 0.29) is 12.7 Å². The van der Waals surface area contributed by atoms with Crippen molar-refractivity contribution in [3.8, 4) is 0 Å². The normalized spacial score (nSPS) is 31.3. The highest BCUT2D eigenvalue weighted by molar-refractivity contribution is 4.60. The first-order chi connectivity index (χ1) is 3.43. The van der Waals surface area contributed by atoms with E-state index in [4.69, 9.17) is 9.84 Å². The molecule has 1 heterocycles. The topological polar surface area (TPSA) is 38.7 Å². The Morgan fingerprint density at radius 2 is 2.71 bits per heavy atom. The molecule has 3 heteroatoms. The molecule has 41 valence electrons. The van der Waals surface area contributed by atoms with Crippen molar-refractivity contribution in [2.75, 3.05) is 13.2 Å². The maximum atomic E-state index is 8.34. The van der Waals surface area contributed by atoms with Crippen LogP contribution in [-0.4, -0.2) is 24.4 Å². The van der Waals surface area contributed by atoms with E-state index in [1.807, 2.05) is 0 Å². The van der Waals surface area contributed by atoms with Crippen molar-refractivity contribution in [2.45, 2.75) is 6.10 Å². The number of aliphatic hydroxyl groups is 1. The summed E-state index contributed by atoms with van der Waals surface area (Å²) >= 11 is 0. The molecule has 1 fully saturated rings. The molecule has 0 amide bonds. The number of hydrogen-bond acceptors (Lipinski definition) is 3. The van der Waals surface area contributed by atoms with Gasteiger partial charge in [-0.3, -0.25) is 0 Å². The summed E-state index contributed by atoms with van der Waals surface area (Å²) in [5.74, 6) is 0. The molecule has 0 spiro atoms. The Hall–Kier alpha value is -0.120. The molecule has 1 aliphatic rings. The highest BCUT2D eigenvalue weighted by Gasteiger charge is 2.14. The summed E-state index contributed by atoms with van der Waals surface area (Å²) in [4.78, 5) is 0. The fourth-order valence-electron chi connectivity index (χ4n) is 0.399. The van der Waals surface area contributed by atoms with Gasteiger partial charge in [0.1, 0.15) is 6.10 Å². The summed E-state index contributed by atoms with van der Waals surface area (Å²) < 4.78 is 9.35. The van der Waals surface area contributed by atoms with Gasteiger partial charge in [-0.25, -0.2) is 0 Å². The van der Waals surface area contributed by atoms with Crippen LogP contribution in [0.25, 0.3) is 0 Å². The van der Waals surface area contributed by atoms with Gasteiger partial charge in [0.05, 0.1) is 13.2 Å². The Labute approximate surface area is 41.8 Å². The summed E-state index contributed by atoms with van der Waals surface area (Å²) in [6.45, 7) is 1.77. The van der Waals surface area contributed by atoms with E-state index in [0.717, 1.165) is 0 Å². The third kappa shape index (κ3) is 1.12. The minimum absolute atomic E-state index is 0.0382. The lowest BCUT2D eigenvalue weighted by Crippen LogP contribution is -2.13. The second-order valence-electron chi connectivity index (χ2n) is 1.37. The standard InChI is InChI=1S/C4H7O3/c5-1-4-2-6-3-7-4/h3-5H,1-2H2. The van der Waals surface area contributed by atoms with Crippen molar-refractivity contribution in [1.29, 1.82) is 0 Å². The second-order valence-corrected chi connectivity index (χ2v) is 1.37. The number of rotatable bonds is 1. The second kappa shape index (κ2) is 2.26. The molecule has 1 N–H and O–H groups in total. The van der Waals surface area contributed by atoms with Crippen LogP contribution in [0.1, 0.15) is 0 Å². The van der Waals surface area contributed by atoms with Crippen molar-refractivity contribution in [1.82, 2.24) is 0 Å². The fourth-order valence-corrected chi connectivity index (χ4v) is 0.399. The summed E-state index contributed by atoms with van der Waals surface area (Å²) in [6.07, 6.45) is -0.125. The Morgan fingerprint density at radius 1 is 1.86 bits per heavy atom. The van der Waals surface area contributed by atoms with Gasteiger partial charge in [-0.15, -0.1) is 0 Å². The Morgan fingerprint density at radius 3 is 3.00 bits per heavy atom. The van der Waals surface area contributed by atoms with E-state index in [9.17, 15) is 0 Å². The van der Waals surface area contributed by atoms with Gasteiger partial charge in [0.2, 0.25) is 6.79 Å². The van der Waals surface area contributed by atoms with E-state index >= 15 is 0 Å². The first kappa shape index (κ1) is 5.03.